The van der Waals surface area contributed by atoms with Crippen LogP contribution in [0.3, 0.4) is 0 Å². The molecule has 0 aromatic carbocycles. The third kappa shape index (κ3) is 3.57. The minimum absolute atomic E-state index is 0.478. The van der Waals surface area contributed by atoms with E-state index in [0.717, 1.165) is 0 Å². The van der Waals surface area contributed by atoms with Gasteiger partial charge in [0.1, 0.15) is 4.32 Å². The lowest BCUT2D eigenvalue weighted by Gasteiger charge is -2.38. The zero-order valence-electron chi connectivity index (χ0n) is 10.3. The summed E-state index contributed by atoms with van der Waals surface area (Å²) in [6, 6.07) is 0. The molecule has 2 atom stereocenters. The summed E-state index contributed by atoms with van der Waals surface area (Å²) in [5.74, 6) is -8.41. The van der Waals surface area contributed by atoms with Gasteiger partial charge >= 0.3 is 24.2 Å². The van der Waals surface area contributed by atoms with Crippen molar-refractivity contribution in [3.63, 3.8) is 0 Å². The van der Waals surface area contributed by atoms with Crippen LogP contribution in [0.5, 0.6) is 0 Å². The first-order valence-corrected chi connectivity index (χ1v) is 5.71. The fraction of sp³-hybridized carbons (Fsp3) is 0.889. The van der Waals surface area contributed by atoms with Gasteiger partial charge in [0.15, 0.2) is 0 Å². The number of rotatable bonds is 4. The minimum atomic E-state index is -6.81. The zero-order chi connectivity index (χ0) is 17.5. The van der Waals surface area contributed by atoms with Gasteiger partial charge in [-0.3, -0.25) is 4.79 Å². The SMILES string of the molecule is COC(=O)C(C)(Br)CC(F)(C(F)(F)F)C(F)(F)C(F)(F)F. The maximum atomic E-state index is 13.7. The predicted octanol–water partition coefficient (Wildman–Crippen LogP) is 4.17. The first kappa shape index (κ1) is 20.3. The molecule has 0 aromatic heterocycles. The highest BCUT2D eigenvalue weighted by Gasteiger charge is 2.81. The standard InChI is InChI=1S/C9H8BrF9O2/c1-5(10,4(20)21-2)3-6(11,8(14,15)16)7(12,13)9(17,18)19/h3H2,1-2H3. The van der Waals surface area contributed by atoms with E-state index in [9.17, 15) is 44.3 Å². The van der Waals surface area contributed by atoms with Crippen molar-refractivity contribution >= 4 is 21.9 Å². The number of ether oxygens (including phenoxy) is 1. The van der Waals surface area contributed by atoms with Crippen molar-refractivity contribution in [1.82, 2.24) is 0 Å². The van der Waals surface area contributed by atoms with E-state index in [-0.39, 0.29) is 0 Å². The highest BCUT2D eigenvalue weighted by Crippen LogP contribution is 2.56. The van der Waals surface area contributed by atoms with E-state index in [1.807, 2.05) is 0 Å². The van der Waals surface area contributed by atoms with Gasteiger partial charge in [-0.1, -0.05) is 15.9 Å². The van der Waals surface area contributed by atoms with Gasteiger partial charge in [0.2, 0.25) is 0 Å². The Bertz CT molecular complexity index is 401. The van der Waals surface area contributed by atoms with Crippen LogP contribution >= 0.6 is 15.9 Å². The number of hydrogen-bond donors (Lipinski definition) is 0. The molecule has 0 saturated heterocycles. The number of methoxy groups -OCH3 is 1. The smallest absolute Gasteiger partial charge is 0.457 e. The van der Waals surface area contributed by atoms with Crippen molar-refractivity contribution < 1.29 is 49.0 Å². The van der Waals surface area contributed by atoms with Crippen LogP contribution in [0.25, 0.3) is 0 Å². The second-order valence-electron chi connectivity index (χ2n) is 4.24. The Kier molecular flexibility index (Phi) is 5.33. The van der Waals surface area contributed by atoms with Crippen LogP contribution in [0.15, 0.2) is 0 Å². The molecule has 0 saturated carbocycles. The quantitative estimate of drug-likeness (QED) is 0.403. The number of carbonyl (C=O) groups excluding carboxylic acids is 1. The third-order valence-electron chi connectivity index (χ3n) is 2.49. The molecule has 0 aliphatic heterocycles. The number of halogens is 10. The minimum Gasteiger partial charge on any atom is -0.468 e. The van der Waals surface area contributed by atoms with Crippen LogP contribution < -0.4 is 0 Å². The first-order chi connectivity index (χ1) is 8.94. The van der Waals surface area contributed by atoms with Crippen molar-refractivity contribution in [3.8, 4) is 0 Å². The highest BCUT2D eigenvalue weighted by atomic mass is 79.9. The van der Waals surface area contributed by atoms with Gasteiger partial charge in [-0.05, 0) is 6.92 Å². The molecule has 126 valence electrons. The van der Waals surface area contributed by atoms with Crippen molar-refractivity contribution in [2.24, 2.45) is 0 Å². The summed E-state index contributed by atoms with van der Waals surface area (Å²) in [6.45, 7) is 0.478. The van der Waals surface area contributed by atoms with Crippen molar-refractivity contribution in [2.45, 2.75) is 41.6 Å². The predicted molar refractivity (Wildman–Crippen MR) is 54.9 cm³/mol. The maximum absolute atomic E-state index is 13.7. The van der Waals surface area contributed by atoms with E-state index in [0.29, 0.717) is 14.0 Å². The van der Waals surface area contributed by atoms with Crippen LogP contribution in [0, 0.1) is 0 Å². The Balaban J connectivity index is 6.00. The molecule has 0 aliphatic rings. The molecule has 12 heteroatoms. The van der Waals surface area contributed by atoms with E-state index in [1.54, 1.807) is 0 Å². The van der Waals surface area contributed by atoms with Gasteiger partial charge in [-0.25, -0.2) is 4.39 Å². The molecule has 0 aliphatic carbocycles. The molecule has 0 rings (SSSR count). The normalized spacial score (nSPS) is 19.6. The van der Waals surface area contributed by atoms with Crippen LogP contribution in [0.2, 0.25) is 0 Å². The highest BCUT2D eigenvalue weighted by molar-refractivity contribution is 9.10. The van der Waals surface area contributed by atoms with E-state index < -0.39 is 40.7 Å². The molecule has 0 spiro atoms. The lowest BCUT2D eigenvalue weighted by Crippen LogP contribution is -2.64. The first-order valence-electron chi connectivity index (χ1n) is 4.91. The van der Waals surface area contributed by atoms with Crippen molar-refractivity contribution in [3.05, 3.63) is 0 Å². The second kappa shape index (κ2) is 5.51. The Morgan fingerprint density at radius 1 is 0.952 bits per heavy atom. The second-order valence-corrected chi connectivity index (χ2v) is 5.99. The maximum Gasteiger partial charge on any atom is 0.457 e. The molecule has 0 N–H and O–H groups in total. The topological polar surface area (TPSA) is 26.3 Å². The molecule has 21 heavy (non-hydrogen) atoms. The third-order valence-corrected chi connectivity index (χ3v) is 3.09. The number of hydrogen-bond acceptors (Lipinski definition) is 2. The molecule has 0 aromatic rings. The molecule has 0 bridgehead atoms. The fourth-order valence-electron chi connectivity index (χ4n) is 1.36. The van der Waals surface area contributed by atoms with E-state index in [2.05, 4.69) is 20.7 Å². The van der Waals surface area contributed by atoms with Crippen LogP contribution in [-0.2, 0) is 9.53 Å². The van der Waals surface area contributed by atoms with E-state index in [1.165, 1.54) is 0 Å². The fourth-order valence-corrected chi connectivity index (χ4v) is 1.90. The Labute approximate surface area is 120 Å². The molecular weight excluding hydrogens is 391 g/mol. The lowest BCUT2D eigenvalue weighted by molar-refractivity contribution is -0.385. The van der Waals surface area contributed by atoms with Crippen LogP contribution in [0.1, 0.15) is 13.3 Å². The molecular formula is C9H8BrF9O2. The summed E-state index contributed by atoms with van der Waals surface area (Å²) >= 11 is 2.18. The zero-order valence-corrected chi connectivity index (χ0v) is 11.9. The monoisotopic (exact) mass is 398 g/mol. The van der Waals surface area contributed by atoms with Gasteiger partial charge in [-0.2, -0.15) is 35.1 Å². The Morgan fingerprint density at radius 2 is 1.33 bits per heavy atom. The molecule has 0 fully saturated rings. The number of carbonyl (C=O) groups is 1. The lowest BCUT2D eigenvalue weighted by atomic mass is 9.86. The van der Waals surface area contributed by atoms with Gasteiger partial charge in [0, 0.05) is 6.42 Å². The molecule has 2 unspecified atom stereocenters. The average Bonchev–Trinajstić information content (AvgIpc) is 2.23. The van der Waals surface area contributed by atoms with Crippen molar-refractivity contribution in [2.75, 3.05) is 7.11 Å². The summed E-state index contributed by atoms with van der Waals surface area (Å²) in [5.41, 5.74) is -6.02. The van der Waals surface area contributed by atoms with Crippen LogP contribution in [-0.4, -0.2) is 41.3 Å². The summed E-state index contributed by atoms with van der Waals surface area (Å²) in [7, 11) is 0.636. The van der Waals surface area contributed by atoms with E-state index >= 15 is 0 Å². The average molecular weight is 399 g/mol. The summed E-state index contributed by atoms with van der Waals surface area (Å²) in [6.07, 6.45) is -15.9. The van der Waals surface area contributed by atoms with Gasteiger partial charge in [0.25, 0.3) is 5.67 Å². The number of alkyl halides is 10. The van der Waals surface area contributed by atoms with Gasteiger partial charge in [0.05, 0.1) is 7.11 Å². The molecule has 0 heterocycles. The Hall–Kier alpha value is -0.680. The number of esters is 1. The largest absolute Gasteiger partial charge is 0.468 e. The van der Waals surface area contributed by atoms with Crippen LogP contribution in [0.4, 0.5) is 39.5 Å². The molecule has 0 amide bonds. The summed E-state index contributed by atoms with van der Waals surface area (Å²) < 4.78 is 115. The summed E-state index contributed by atoms with van der Waals surface area (Å²) in [4.78, 5) is 11.1. The van der Waals surface area contributed by atoms with Gasteiger partial charge in [-0.15, -0.1) is 0 Å². The molecule has 2 nitrogen and oxygen atoms in total. The Morgan fingerprint density at radius 3 is 1.57 bits per heavy atom. The summed E-state index contributed by atoms with van der Waals surface area (Å²) in [5, 5.41) is 0. The van der Waals surface area contributed by atoms with Crippen molar-refractivity contribution in [1.29, 1.82) is 0 Å². The molecule has 0 radical (unpaired) electrons. The van der Waals surface area contributed by atoms with E-state index in [4.69, 9.17) is 0 Å². The van der Waals surface area contributed by atoms with Gasteiger partial charge < -0.3 is 4.74 Å².